The molecule has 2 amide bonds. The lowest BCUT2D eigenvalue weighted by atomic mass is 10.1. The van der Waals surface area contributed by atoms with E-state index < -0.39 is 18.1 Å². The third-order valence-electron chi connectivity index (χ3n) is 6.25. The number of hydrogen-bond donors (Lipinski definition) is 2. The predicted molar refractivity (Wildman–Crippen MR) is 153 cm³/mol. The summed E-state index contributed by atoms with van der Waals surface area (Å²) in [4.78, 5) is 51.1. The molecule has 0 bridgehead atoms. The fourth-order valence-electron chi connectivity index (χ4n) is 4.08. The highest BCUT2D eigenvalue weighted by atomic mass is 16.6. The summed E-state index contributed by atoms with van der Waals surface area (Å²) in [7, 11) is 1.69. The van der Waals surface area contributed by atoms with Gasteiger partial charge in [0.2, 0.25) is 11.9 Å². The summed E-state index contributed by atoms with van der Waals surface area (Å²) in [5, 5.41) is 13.1. The van der Waals surface area contributed by atoms with Crippen molar-refractivity contribution in [3.05, 3.63) is 36.0 Å². The number of ether oxygens (including phenoxy) is 1. The highest BCUT2D eigenvalue weighted by Crippen LogP contribution is 2.28. The van der Waals surface area contributed by atoms with Gasteiger partial charge in [-0.1, -0.05) is 25.5 Å². The van der Waals surface area contributed by atoms with E-state index in [2.05, 4.69) is 22.2 Å². The van der Waals surface area contributed by atoms with Crippen molar-refractivity contribution >= 4 is 35.4 Å². The van der Waals surface area contributed by atoms with Gasteiger partial charge in [-0.25, -0.2) is 14.6 Å². The number of carbonyl (C=O) groups is 3. The summed E-state index contributed by atoms with van der Waals surface area (Å²) in [6.07, 6.45) is 3.11. The second kappa shape index (κ2) is 14.9. The van der Waals surface area contributed by atoms with Gasteiger partial charge in [-0.15, -0.1) is 0 Å². The van der Waals surface area contributed by atoms with Gasteiger partial charge >= 0.3 is 12.1 Å². The highest BCUT2D eigenvalue weighted by molar-refractivity contribution is 5.95. The van der Waals surface area contributed by atoms with Gasteiger partial charge in [-0.3, -0.25) is 4.79 Å². The van der Waals surface area contributed by atoms with Crippen LogP contribution in [0.2, 0.25) is 0 Å². The summed E-state index contributed by atoms with van der Waals surface area (Å²) in [6.45, 7) is 13.2. The van der Waals surface area contributed by atoms with Gasteiger partial charge < -0.3 is 29.9 Å². The van der Waals surface area contributed by atoms with Crippen LogP contribution in [-0.4, -0.2) is 76.7 Å². The first-order chi connectivity index (χ1) is 18.5. The van der Waals surface area contributed by atoms with Crippen molar-refractivity contribution in [2.24, 2.45) is 0 Å². The molecular formula is C28H42N6O5. The van der Waals surface area contributed by atoms with Crippen LogP contribution in [0.4, 0.5) is 22.2 Å². The number of anilines is 3. The van der Waals surface area contributed by atoms with Crippen molar-refractivity contribution in [1.29, 1.82) is 0 Å². The number of rotatable bonds is 14. The smallest absolute Gasteiger partial charge is 0.414 e. The molecule has 2 aromatic rings. The van der Waals surface area contributed by atoms with Crippen molar-refractivity contribution < 1.29 is 24.2 Å². The van der Waals surface area contributed by atoms with Gasteiger partial charge in [-0.05, 0) is 51.8 Å². The first-order valence-corrected chi connectivity index (χ1v) is 13.4. The molecule has 2 rings (SSSR count). The minimum atomic E-state index is -1.07. The van der Waals surface area contributed by atoms with E-state index in [0.29, 0.717) is 37.0 Å². The SMILES string of the molecule is CCCCN(C)C(=O)Oc1ccc(C[C@H](Nc2nc(N(CC)CC)ncc2N(C(C)=O)C(C)C)C(=O)O)cc1. The summed E-state index contributed by atoms with van der Waals surface area (Å²) in [6, 6.07) is 5.51. The standard InChI is InChI=1S/C28H42N6O5/c1-8-11-16-32(7)28(38)39-22-14-12-21(13-15-22)17-23(26(36)37)30-25-24(34(19(4)5)20(6)35)18-29-27(31-25)33(9-2)10-3/h12-15,18-19,23H,8-11,16-17H2,1-7H3,(H,36,37)(H,29,30,31)/t23-/m0/s1. The second-order valence-corrected chi connectivity index (χ2v) is 9.59. The predicted octanol–water partition coefficient (Wildman–Crippen LogP) is 4.42. The van der Waals surface area contributed by atoms with E-state index in [1.54, 1.807) is 37.5 Å². The van der Waals surface area contributed by atoms with Crippen LogP contribution in [0, 0.1) is 0 Å². The Bertz CT molecular complexity index is 1100. The van der Waals surface area contributed by atoms with Crippen LogP contribution >= 0.6 is 0 Å². The molecule has 214 valence electrons. The Morgan fingerprint density at radius 2 is 1.72 bits per heavy atom. The minimum Gasteiger partial charge on any atom is -0.480 e. The topological polar surface area (TPSA) is 128 Å². The van der Waals surface area contributed by atoms with Crippen molar-refractivity contribution in [3.63, 3.8) is 0 Å². The Balaban J connectivity index is 2.31. The second-order valence-electron chi connectivity index (χ2n) is 9.59. The fourth-order valence-corrected chi connectivity index (χ4v) is 4.08. The summed E-state index contributed by atoms with van der Waals surface area (Å²) in [5.74, 6) is -0.190. The third-order valence-corrected chi connectivity index (χ3v) is 6.25. The number of benzene rings is 1. The van der Waals surface area contributed by atoms with E-state index in [0.717, 1.165) is 18.4 Å². The van der Waals surface area contributed by atoms with E-state index in [9.17, 15) is 19.5 Å². The molecular weight excluding hydrogens is 500 g/mol. The number of nitrogens with one attached hydrogen (secondary N) is 1. The summed E-state index contributed by atoms with van der Waals surface area (Å²) >= 11 is 0. The number of aromatic nitrogens is 2. The zero-order chi connectivity index (χ0) is 29.1. The van der Waals surface area contributed by atoms with Gasteiger partial charge in [-0.2, -0.15) is 4.98 Å². The quantitative estimate of drug-likeness (QED) is 0.356. The maximum absolute atomic E-state index is 12.5. The van der Waals surface area contributed by atoms with Crippen LogP contribution < -0.4 is 19.9 Å². The zero-order valence-corrected chi connectivity index (χ0v) is 24.1. The zero-order valence-electron chi connectivity index (χ0n) is 24.1. The monoisotopic (exact) mass is 542 g/mol. The maximum Gasteiger partial charge on any atom is 0.414 e. The van der Waals surface area contributed by atoms with Gasteiger partial charge in [0.25, 0.3) is 0 Å². The average molecular weight is 543 g/mol. The van der Waals surface area contributed by atoms with Crippen LogP contribution in [0.1, 0.15) is 59.9 Å². The number of amides is 2. The van der Waals surface area contributed by atoms with E-state index >= 15 is 0 Å². The molecule has 39 heavy (non-hydrogen) atoms. The van der Waals surface area contributed by atoms with E-state index in [4.69, 9.17) is 4.74 Å². The lowest BCUT2D eigenvalue weighted by Crippen LogP contribution is -2.38. The minimum absolute atomic E-state index is 0.131. The molecule has 1 aromatic carbocycles. The van der Waals surface area contributed by atoms with Crippen LogP contribution in [0.5, 0.6) is 5.75 Å². The van der Waals surface area contributed by atoms with Crippen molar-refractivity contribution in [2.75, 3.05) is 41.8 Å². The van der Waals surface area contributed by atoms with E-state index in [1.807, 2.05) is 32.6 Å². The van der Waals surface area contributed by atoms with Gasteiger partial charge in [0.1, 0.15) is 17.5 Å². The number of carbonyl (C=O) groups excluding carboxylic acids is 2. The molecule has 0 fully saturated rings. The molecule has 11 nitrogen and oxygen atoms in total. The number of nitrogens with zero attached hydrogens (tertiary/aromatic N) is 5. The van der Waals surface area contributed by atoms with Crippen LogP contribution in [-0.2, 0) is 16.0 Å². The Morgan fingerprint density at radius 3 is 2.23 bits per heavy atom. The molecule has 2 N–H and O–H groups in total. The third kappa shape index (κ3) is 8.83. The molecule has 1 aromatic heterocycles. The Hall–Kier alpha value is -3.89. The number of carboxylic acid groups (broad SMARTS) is 1. The lowest BCUT2D eigenvalue weighted by Gasteiger charge is -2.29. The van der Waals surface area contributed by atoms with Crippen LogP contribution in [0.15, 0.2) is 30.5 Å². The van der Waals surface area contributed by atoms with Crippen LogP contribution in [0.3, 0.4) is 0 Å². The Kier molecular flexibility index (Phi) is 12.0. The normalized spacial score (nSPS) is 11.6. The molecule has 1 heterocycles. The molecule has 0 radical (unpaired) electrons. The van der Waals surface area contributed by atoms with E-state index in [1.165, 1.54) is 16.7 Å². The van der Waals surface area contributed by atoms with Gasteiger partial charge in [0.05, 0.1) is 6.20 Å². The average Bonchev–Trinajstić information content (AvgIpc) is 2.89. The first-order valence-electron chi connectivity index (χ1n) is 13.4. The number of unbranched alkanes of at least 4 members (excludes halogenated alkanes) is 1. The van der Waals surface area contributed by atoms with Crippen LogP contribution in [0.25, 0.3) is 0 Å². The molecule has 0 aliphatic carbocycles. The highest BCUT2D eigenvalue weighted by Gasteiger charge is 2.26. The van der Waals surface area contributed by atoms with Crippen molar-refractivity contribution in [3.8, 4) is 5.75 Å². The summed E-state index contributed by atoms with van der Waals surface area (Å²) < 4.78 is 5.42. The van der Waals surface area contributed by atoms with Crippen molar-refractivity contribution in [2.45, 2.75) is 72.9 Å². The Morgan fingerprint density at radius 1 is 1.08 bits per heavy atom. The number of hydrogen-bond acceptors (Lipinski definition) is 8. The largest absolute Gasteiger partial charge is 0.480 e. The maximum atomic E-state index is 12.5. The number of carboxylic acids is 1. The molecule has 0 saturated carbocycles. The summed E-state index contributed by atoms with van der Waals surface area (Å²) in [5.41, 5.74) is 1.13. The lowest BCUT2D eigenvalue weighted by molar-refractivity contribution is -0.137. The molecule has 1 atom stereocenters. The molecule has 0 saturated heterocycles. The molecule has 11 heteroatoms. The van der Waals surface area contributed by atoms with Gasteiger partial charge in [0.15, 0.2) is 5.82 Å². The first kappa shape index (κ1) is 31.3. The molecule has 0 aliphatic rings. The van der Waals surface area contributed by atoms with Crippen molar-refractivity contribution in [1.82, 2.24) is 14.9 Å². The van der Waals surface area contributed by atoms with E-state index in [-0.39, 0.29) is 24.2 Å². The Labute approximate surface area is 231 Å². The fraction of sp³-hybridized carbons (Fsp3) is 0.536. The molecule has 0 spiro atoms. The van der Waals surface area contributed by atoms with Gasteiger partial charge in [0, 0.05) is 46.1 Å². The molecule has 0 aliphatic heterocycles. The molecule has 0 unspecified atom stereocenters. The number of aliphatic carboxylic acids is 1.